The molecule has 1 N–H and O–H groups in total. The lowest BCUT2D eigenvalue weighted by Crippen LogP contribution is -2.50. The molecule has 1 amide bonds. The van der Waals surface area contributed by atoms with E-state index in [0.717, 1.165) is 32.2 Å². The van der Waals surface area contributed by atoms with Crippen molar-refractivity contribution in [3.8, 4) is 0 Å². The summed E-state index contributed by atoms with van der Waals surface area (Å²) in [5.74, 6) is -0.435. The monoisotopic (exact) mass is 326 g/mol. The summed E-state index contributed by atoms with van der Waals surface area (Å²) in [4.78, 5) is 27.5. The highest BCUT2D eigenvalue weighted by molar-refractivity contribution is 5.70. The minimum Gasteiger partial charge on any atom is -0.481 e. The minimum atomic E-state index is -0.672. The lowest BCUT2D eigenvalue weighted by molar-refractivity contribution is -0.144. The summed E-state index contributed by atoms with van der Waals surface area (Å²) >= 11 is 0. The number of likely N-dealkylation sites (tertiary alicyclic amines) is 2. The first-order chi connectivity index (χ1) is 10.7. The zero-order valence-electron chi connectivity index (χ0n) is 14.7. The molecular formula is C17H30N2O4. The quantitative estimate of drug-likeness (QED) is 0.844. The van der Waals surface area contributed by atoms with E-state index in [2.05, 4.69) is 11.9 Å². The van der Waals surface area contributed by atoms with Gasteiger partial charge in [0.25, 0.3) is 0 Å². The molecule has 0 aliphatic carbocycles. The Balaban J connectivity index is 1.88. The number of piperidine rings is 2. The van der Waals surface area contributed by atoms with Gasteiger partial charge in [0.15, 0.2) is 0 Å². The van der Waals surface area contributed by atoms with Crippen LogP contribution in [0, 0.1) is 11.8 Å². The maximum absolute atomic E-state index is 12.1. The molecule has 0 aromatic carbocycles. The Kier molecular flexibility index (Phi) is 5.55. The molecule has 0 spiro atoms. The average Bonchev–Trinajstić information content (AvgIpc) is 2.46. The fourth-order valence-electron chi connectivity index (χ4n) is 3.68. The summed E-state index contributed by atoms with van der Waals surface area (Å²) in [7, 11) is 2.09. The predicted octanol–water partition coefficient (Wildman–Crippen LogP) is 2.43. The van der Waals surface area contributed by atoms with Crippen LogP contribution in [0.2, 0.25) is 0 Å². The molecule has 0 radical (unpaired) electrons. The van der Waals surface area contributed by atoms with Gasteiger partial charge in [0, 0.05) is 19.1 Å². The first kappa shape index (κ1) is 18.0. The number of hydrogen-bond donors (Lipinski definition) is 1. The van der Waals surface area contributed by atoms with Gasteiger partial charge in [0.1, 0.15) is 5.60 Å². The summed E-state index contributed by atoms with van der Waals surface area (Å²) in [6, 6.07) is 0.311. The molecule has 23 heavy (non-hydrogen) atoms. The van der Waals surface area contributed by atoms with Gasteiger partial charge in [-0.15, -0.1) is 0 Å². The number of nitrogens with zero attached hydrogens (tertiary/aromatic N) is 2. The molecule has 6 nitrogen and oxygen atoms in total. The molecule has 2 rings (SSSR count). The first-order valence-electron chi connectivity index (χ1n) is 8.58. The number of carboxylic acids is 1. The van der Waals surface area contributed by atoms with Crippen LogP contribution in [-0.2, 0) is 9.53 Å². The van der Waals surface area contributed by atoms with E-state index < -0.39 is 11.6 Å². The fraction of sp³-hybridized carbons (Fsp3) is 0.882. The third-order valence-corrected chi connectivity index (χ3v) is 5.01. The number of carboxylic acid groups (broad SMARTS) is 1. The number of carbonyl (C=O) groups excluding carboxylic acids is 1. The van der Waals surface area contributed by atoms with Crippen LogP contribution in [0.3, 0.4) is 0 Å². The van der Waals surface area contributed by atoms with E-state index in [1.165, 1.54) is 0 Å². The standard InChI is InChI=1S/C17H30N2O4/c1-17(2,3)23-16(22)19-9-6-12(7-10-19)14-11-13(15(20)21)5-8-18(14)4/h12-14H,5-11H2,1-4H3,(H,20,21). The molecule has 132 valence electrons. The van der Waals surface area contributed by atoms with E-state index in [0.29, 0.717) is 25.0 Å². The number of amides is 1. The topological polar surface area (TPSA) is 70.1 Å². The molecule has 2 atom stereocenters. The number of carbonyl (C=O) groups is 2. The van der Waals surface area contributed by atoms with Crippen LogP contribution in [0.1, 0.15) is 46.5 Å². The Hall–Kier alpha value is -1.30. The van der Waals surface area contributed by atoms with E-state index in [1.807, 2.05) is 20.8 Å². The van der Waals surface area contributed by atoms with Crippen molar-refractivity contribution < 1.29 is 19.4 Å². The van der Waals surface area contributed by atoms with Crippen LogP contribution in [0.25, 0.3) is 0 Å². The zero-order chi connectivity index (χ0) is 17.2. The van der Waals surface area contributed by atoms with Gasteiger partial charge in [-0.1, -0.05) is 0 Å². The van der Waals surface area contributed by atoms with Crippen molar-refractivity contribution in [3.63, 3.8) is 0 Å². The van der Waals surface area contributed by atoms with Crippen molar-refractivity contribution in [2.75, 3.05) is 26.7 Å². The molecule has 2 saturated heterocycles. The third-order valence-electron chi connectivity index (χ3n) is 5.01. The molecule has 2 fully saturated rings. The van der Waals surface area contributed by atoms with Gasteiger partial charge < -0.3 is 19.6 Å². The molecule has 2 aliphatic rings. The van der Waals surface area contributed by atoms with Crippen molar-refractivity contribution in [2.24, 2.45) is 11.8 Å². The first-order valence-corrected chi connectivity index (χ1v) is 8.58. The summed E-state index contributed by atoms with van der Waals surface area (Å²) in [5, 5.41) is 9.28. The molecule has 0 aromatic rings. The SMILES string of the molecule is CN1CCC(C(=O)O)CC1C1CCN(C(=O)OC(C)(C)C)CC1. The highest BCUT2D eigenvalue weighted by Gasteiger charge is 2.37. The third kappa shape index (κ3) is 4.83. The second kappa shape index (κ2) is 7.07. The Morgan fingerprint density at radius 2 is 1.70 bits per heavy atom. The van der Waals surface area contributed by atoms with Crippen molar-refractivity contribution in [1.29, 1.82) is 0 Å². The lowest BCUT2D eigenvalue weighted by atomic mass is 9.80. The van der Waals surface area contributed by atoms with Crippen molar-refractivity contribution >= 4 is 12.1 Å². The second-order valence-electron chi connectivity index (χ2n) is 7.91. The van der Waals surface area contributed by atoms with Crippen LogP contribution in [-0.4, -0.2) is 65.3 Å². The van der Waals surface area contributed by atoms with Gasteiger partial charge in [0.2, 0.25) is 0 Å². The highest BCUT2D eigenvalue weighted by Crippen LogP contribution is 2.32. The minimum absolute atomic E-state index is 0.222. The highest BCUT2D eigenvalue weighted by atomic mass is 16.6. The molecule has 2 unspecified atom stereocenters. The van der Waals surface area contributed by atoms with E-state index in [1.54, 1.807) is 4.90 Å². The summed E-state index contributed by atoms with van der Waals surface area (Å²) in [6.07, 6.45) is 3.06. The maximum atomic E-state index is 12.1. The molecule has 2 heterocycles. The van der Waals surface area contributed by atoms with Gasteiger partial charge in [-0.05, 0) is 66.0 Å². The Labute approximate surface area is 138 Å². The maximum Gasteiger partial charge on any atom is 0.410 e. The molecule has 0 bridgehead atoms. The van der Waals surface area contributed by atoms with E-state index in [4.69, 9.17) is 4.74 Å². The fourth-order valence-corrected chi connectivity index (χ4v) is 3.68. The molecule has 6 heteroatoms. The van der Waals surface area contributed by atoms with Crippen molar-refractivity contribution in [3.05, 3.63) is 0 Å². The summed E-state index contributed by atoms with van der Waals surface area (Å²) in [5.41, 5.74) is -0.466. The Bertz CT molecular complexity index is 438. The lowest BCUT2D eigenvalue weighted by Gasteiger charge is -2.43. The van der Waals surface area contributed by atoms with Gasteiger partial charge >= 0.3 is 12.1 Å². The van der Waals surface area contributed by atoms with Crippen LogP contribution in [0.15, 0.2) is 0 Å². The number of ether oxygens (including phenoxy) is 1. The second-order valence-corrected chi connectivity index (χ2v) is 7.91. The average molecular weight is 326 g/mol. The van der Waals surface area contributed by atoms with Crippen LogP contribution in [0.5, 0.6) is 0 Å². The Morgan fingerprint density at radius 3 is 2.22 bits per heavy atom. The number of aliphatic carboxylic acids is 1. The van der Waals surface area contributed by atoms with Crippen LogP contribution < -0.4 is 0 Å². The van der Waals surface area contributed by atoms with Gasteiger partial charge in [-0.25, -0.2) is 4.79 Å². The largest absolute Gasteiger partial charge is 0.481 e. The van der Waals surface area contributed by atoms with E-state index >= 15 is 0 Å². The zero-order valence-corrected chi connectivity index (χ0v) is 14.7. The normalized spacial score (nSPS) is 27.7. The van der Waals surface area contributed by atoms with Crippen LogP contribution in [0.4, 0.5) is 4.79 Å². The molecule has 2 aliphatic heterocycles. The van der Waals surface area contributed by atoms with E-state index in [9.17, 15) is 14.7 Å². The number of rotatable bonds is 2. The predicted molar refractivity (Wildman–Crippen MR) is 87.3 cm³/mol. The molecule has 0 saturated carbocycles. The van der Waals surface area contributed by atoms with Crippen molar-refractivity contribution in [2.45, 2.75) is 58.1 Å². The van der Waals surface area contributed by atoms with Crippen molar-refractivity contribution in [1.82, 2.24) is 9.80 Å². The van der Waals surface area contributed by atoms with Gasteiger partial charge in [-0.3, -0.25) is 4.79 Å². The molecule has 0 aromatic heterocycles. The summed E-state index contributed by atoms with van der Waals surface area (Å²) in [6.45, 7) is 7.86. The smallest absolute Gasteiger partial charge is 0.410 e. The summed E-state index contributed by atoms with van der Waals surface area (Å²) < 4.78 is 5.43. The molecular weight excluding hydrogens is 296 g/mol. The Morgan fingerprint density at radius 1 is 1.09 bits per heavy atom. The van der Waals surface area contributed by atoms with Crippen LogP contribution >= 0.6 is 0 Å². The number of hydrogen-bond acceptors (Lipinski definition) is 4. The van der Waals surface area contributed by atoms with Gasteiger partial charge in [-0.2, -0.15) is 0 Å². The van der Waals surface area contributed by atoms with Gasteiger partial charge in [0.05, 0.1) is 5.92 Å². The van der Waals surface area contributed by atoms with E-state index in [-0.39, 0.29) is 12.0 Å².